The molecule has 0 heterocycles. The van der Waals surface area contributed by atoms with Gasteiger partial charge in [0.05, 0.1) is 18.1 Å². The Morgan fingerprint density at radius 2 is 1.73 bits per heavy atom. The SMILES string of the molecule is CN=C(NCCCOCCOC)NCCNS(=O)(=O)c1ccc(C)cc1. The third-order valence-electron chi connectivity index (χ3n) is 3.45. The lowest BCUT2D eigenvalue weighted by Crippen LogP contribution is -2.42. The molecule has 0 amide bonds. The largest absolute Gasteiger partial charge is 0.382 e. The second-order valence-corrected chi connectivity index (χ2v) is 7.36. The predicted molar refractivity (Wildman–Crippen MR) is 103 cm³/mol. The van der Waals surface area contributed by atoms with Gasteiger partial charge in [0.15, 0.2) is 5.96 Å². The lowest BCUT2D eigenvalue weighted by molar-refractivity contribution is 0.0698. The van der Waals surface area contributed by atoms with E-state index in [9.17, 15) is 8.42 Å². The quantitative estimate of drug-likeness (QED) is 0.275. The van der Waals surface area contributed by atoms with Crippen molar-refractivity contribution in [2.45, 2.75) is 18.2 Å². The first-order valence-electron chi connectivity index (χ1n) is 8.57. The Balaban J connectivity index is 2.21. The Hall–Kier alpha value is -1.68. The summed E-state index contributed by atoms with van der Waals surface area (Å²) >= 11 is 0. The van der Waals surface area contributed by atoms with Gasteiger partial charge >= 0.3 is 0 Å². The summed E-state index contributed by atoms with van der Waals surface area (Å²) in [6.45, 7) is 5.13. The highest BCUT2D eigenvalue weighted by atomic mass is 32.2. The molecule has 8 nitrogen and oxygen atoms in total. The van der Waals surface area contributed by atoms with E-state index in [0.29, 0.717) is 38.9 Å². The molecule has 0 aliphatic heterocycles. The molecule has 1 aromatic rings. The van der Waals surface area contributed by atoms with Crippen LogP contribution in [-0.4, -0.2) is 68.0 Å². The lowest BCUT2D eigenvalue weighted by Gasteiger charge is -2.12. The maximum absolute atomic E-state index is 12.2. The van der Waals surface area contributed by atoms with Gasteiger partial charge in [-0.1, -0.05) is 17.7 Å². The summed E-state index contributed by atoms with van der Waals surface area (Å²) in [7, 11) is -0.183. The van der Waals surface area contributed by atoms with Crippen LogP contribution in [0.3, 0.4) is 0 Å². The first kappa shape index (κ1) is 22.4. The third-order valence-corrected chi connectivity index (χ3v) is 4.93. The number of aryl methyl sites for hydroxylation is 1. The number of aliphatic imine (C=N–C) groups is 1. The fourth-order valence-corrected chi connectivity index (χ4v) is 3.04. The zero-order valence-corrected chi connectivity index (χ0v) is 16.6. The van der Waals surface area contributed by atoms with Crippen molar-refractivity contribution in [3.8, 4) is 0 Å². The van der Waals surface area contributed by atoms with Gasteiger partial charge in [0.25, 0.3) is 0 Å². The fraction of sp³-hybridized carbons (Fsp3) is 0.588. The second-order valence-electron chi connectivity index (χ2n) is 5.60. The van der Waals surface area contributed by atoms with E-state index in [4.69, 9.17) is 9.47 Å². The van der Waals surface area contributed by atoms with Gasteiger partial charge in [0.1, 0.15) is 0 Å². The average molecular weight is 387 g/mol. The molecule has 0 spiro atoms. The summed E-state index contributed by atoms with van der Waals surface area (Å²) in [5, 5.41) is 6.21. The summed E-state index contributed by atoms with van der Waals surface area (Å²) in [4.78, 5) is 4.36. The van der Waals surface area contributed by atoms with Crippen LogP contribution in [0.2, 0.25) is 0 Å². The van der Waals surface area contributed by atoms with E-state index in [1.165, 1.54) is 0 Å². The molecule has 0 saturated heterocycles. The zero-order valence-electron chi connectivity index (χ0n) is 15.7. The van der Waals surface area contributed by atoms with E-state index in [1.807, 2.05) is 6.92 Å². The Morgan fingerprint density at radius 3 is 2.38 bits per heavy atom. The fourth-order valence-electron chi connectivity index (χ4n) is 2.01. The number of nitrogens with zero attached hydrogens (tertiary/aromatic N) is 1. The highest BCUT2D eigenvalue weighted by Gasteiger charge is 2.12. The number of methoxy groups -OCH3 is 1. The molecule has 3 N–H and O–H groups in total. The summed E-state index contributed by atoms with van der Waals surface area (Å²) in [6.07, 6.45) is 0.838. The van der Waals surface area contributed by atoms with Gasteiger partial charge in [-0.15, -0.1) is 0 Å². The third kappa shape index (κ3) is 9.14. The molecule has 0 aliphatic carbocycles. The molecule has 0 fully saturated rings. The van der Waals surface area contributed by atoms with Crippen molar-refractivity contribution >= 4 is 16.0 Å². The van der Waals surface area contributed by atoms with E-state index >= 15 is 0 Å². The minimum absolute atomic E-state index is 0.261. The van der Waals surface area contributed by atoms with Crippen molar-refractivity contribution in [3.63, 3.8) is 0 Å². The summed E-state index contributed by atoms with van der Waals surface area (Å²) in [6, 6.07) is 6.75. The average Bonchev–Trinajstić information content (AvgIpc) is 2.63. The number of rotatable bonds is 12. The van der Waals surface area contributed by atoms with Crippen molar-refractivity contribution in [3.05, 3.63) is 29.8 Å². The first-order chi connectivity index (χ1) is 12.5. The van der Waals surface area contributed by atoms with Gasteiger partial charge in [-0.05, 0) is 25.5 Å². The highest BCUT2D eigenvalue weighted by Crippen LogP contribution is 2.09. The smallest absolute Gasteiger partial charge is 0.240 e. The van der Waals surface area contributed by atoms with Crippen LogP contribution < -0.4 is 15.4 Å². The van der Waals surface area contributed by atoms with Crippen LogP contribution in [0, 0.1) is 6.92 Å². The molecule has 1 rings (SSSR count). The van der Waals surface area contributed by atoms with E-state index in [1.54, 1.807) is 38.4 Å². The van der Waals surface area contributed by atoms with Crippen LogP contribution in [0.4, 0.5) is 0 Å². The molecule has 1 aromatic carbocycles. The highest BCUT2D eigenvalue weighted by molar-refractivity contribution is 7.89. The maximum Gasteiger partial charge on any atom is 0.240 e. The predicted octanol–water partition coefficient (Wildman–Crippen LogP) is 0.491. The molecule has 0 atom stereocenters. The number of hydrogen-bond donors (Lipinski definition) is 3. The van der Waals surface area contributed by atoms with Gasteiger partial charge in [0, 0.05) is 40.4 Å². The van der Waals surface area contributed by atoms with Gasteiger partial charge in [-0.3, -0.25) is 4.99 Å². The topological polar surface area (TPSA) is 101 Å². The minimum atomic E-state index is -3.49. The molecule has 9 heteroatoms. The molecule has 0 aromatic heterocycles. The molecule has 0 unspecified atom stereocenters. The Kier molecular flexibility index (Phi) is 10.9. The number of guanidine groups is 1. The van der Waals surface area contributed by atoms with E-state index in [0.717, 1.165) is 12.0 Å². The molecule has 0 bridgehead atoms. The van der Waals surface area contributed by atoms with Crippen molar-refractivity contribution in [1.29, 1.82) is 0 Å². The molecule has 0 radical (unpaired) electrons. The summed E-state index contributed by atoms with van der Waals surface area (Å²) in [5.74, 6) is 0.622. The number of benzene rings is 1. The Labute approximate surface area is 156 Å². The van der Waals surface area contributed by atoms with Crippen LogP contribution in [0.25, 0.3) is 0 Å². The van der Waals surface area contributed by atoms with Gasteiger partial charge in [0.2, 0.25) is 10.0 Å². The molecular weight excluding hydrogens is 356 g/mol. The molecule has 0 aliphatic rings. The van der Waals surface area contributed by atoms with E-state index < -0.39 is 10.0 Å². The second kappa shape index (κ2) is 12.6. The van der Waals surface area contributed by atoms with Crippen LogP contribution in [0.1, 0.15) is 12.0 Å². The Bertz CT molecular complexity index is 633. The summed E-state index contributed by atoms with van der Waals surface area (Å²) in [5.41, 5.74) is 1.02. The van der Waals surface area contributed by atoms with Crippen LogP contribution in [0.15, 0.2) is 34.2 Å². The minimum Gasteiger partial charge on any atom is -0.382 e. The van der Waals surface area contributed by atoms with Crippen LogP contribution in [-0.2, 0) is 19.5 Å². The first-order valence-corrected chi connectivity index (χ1v) is 10.1. The normalized spacial score (nSPS) is 12.2. The van der Waals surface area contributed by atoms with Crippen molar-refractivity contribution < 1.29 is 17.9 Å². The molecule has 0 saturated carbocycles. The van der Waals surface area contributed by atoms with E-state index in [2.05, 4.69) is 20.3 Å². The number of hydrogen-bond acceptors (Lipinski definition) is 5. The van der Waals surface area contributed by atoms with Crippen LogP contribution in [0.5, 0.6) is 0 Å². The van der Waals surface area contributed by atoms with Crippen molar-refractivity contribution in [1.82, 2.24) is 15.4 Å². The number of nitrogens with one attached hydrogen (secondary N) is 3. The van der Waals surface area contributed by atoms with Crippen LogP contribution >= 0.6 is 0 Å². The number of sulfonamides is 1. The van der Waals surface area contributed by atoms with Gasteiger partial charge in [-0.2, -0.15) is 0 Å². The molecule has 148 valence electrons. The lowest BCUT2D eigenvalue weighted by atomic mass is 10.2. The molecule has 26 heavy (non-hydrogen) atoms. The standard InChI is InChI=1S/C17H30N4O4S/c1-15-5-7-16(8-6-15)26(22,23)21-11-10-20-17(18-2)19-9-4-12-25-14-13-24-3/h5-8,21H,4,9-14H2,1-3H3,(H2,18,19,20). The van der Waals surface area contributed by atoms with Gasteiger partial charge in [-0.25, -0.2) is 13.1 Å². The number of ether oxygens (including phenoxy) is 2. The molecular formula is C17H30N4O4S. The zero-order chi connectivity index (χ0) is 19.3. The summed E-state index contributed by atoms with van der Waals surface area (Å²) < 4.78 is 37.2. The monoisotopic (exact) mass is 386 g/mol. The van der Waals surface area contributed by atoms with E-state index in [-0.39, 0.29) is 11.4 Å². The van der Waals surface area contributed by atoms with Crippen molar-refractivity contribution in [2.75, 3.05) is 53.6 Å². The maximum atomic E-state index is 12.2. The Morgan fingerprint density at radius 1 is 1.04 bits per heavy atom. The van der Waals surface area contributed by atoms with Gasteiger partial charge < -0.3 is 20.1 Å². The van der Waals surface area contributed by atoms with Crippen molar-refractivity contribution in [2.24, 2.45) is 4.99 Å².